The number of ketones is 2. The molecule has 0 radical (unpaired) electrons. The predicted molar refractivity (Wildman–Crippen MR) is 59.2 cm³/mol. The summed E-state index contributed by atoms with van der Waals surface area (Å²) in [5.41, 5.74) is 0. The smallest absolute Gasteiger partial charge is 0.313 e. The normalized spacial score (nSPS) is 11.5. The minimum absolute atomic E-state index is 0.147. The van der Waals surface area contributed by atoms with Crippen molar-refractivity contribution < 1.29 is 23.9 Å². The molecule has 0 aliphatic carbocycles. The molecule has 6 nitrogen and oxygen atoms in total. The lowest BCUT2D eigenvalue weighted by molar-refractivity contribution is -0.151. The highest BCUT2D eigenvalue weighted by atomic mass is 16.5. The lowest BCUT2D eigenvalue weighted by Gasteiger charge is -2.22. The van der Waals surface area contributed by atoms with Crippen LogP contribution in [0.4, 0.5) is 0 Å². The fourth-order valence-corrected chi connectivity index (χ4v) is 1.16. The Bertz CT molecular complexity index is 337. The molecule has 0 heterocycles. The minimum Gasteiger partial charge on any atom is -0.469 e. The Morgan fingerprint density at radius 2 is 1.76 bits per heavy atom. The molecule has 0 rings (SSSR count). The van der Waals surface area contributed by atoms with Crippen LogP contribution < -0.4 is 0 Å². The van der Waals surface area contributed by atoms with Crippen LogP contribution in [0.2, 0.25) is 0 Å². The molecule has 0 fully saturated rings. The van der Waals surface area contributed by atoms with Gasteiger partial charge in [0, 0.05) is 13.5 Å². The standard InChI is InChI=1S/C11H17NO5/c1-5-8(13)7(2)12(3)11(16)9(14)6-10(15)17-4/h7H,5-6H2,1-4H3. The van der Waals surface area contributed by atoms with Crippen molar-refractivity contribution in [2.24, 2.45) is 0 Å². The van der Waals surface area contributed by atoms with Crippen molar-refractivity contribution in [1.29, 1.82) is 0 Å². The zero-order chi connectivity index (χ0) is 13.6. The predicted octanol–water partition coefficient (Wildman–Crippen LogP) is -0.0554. The van der Waals surface area contributed by atoms with E-state index < -0.39 is 30.1 Å². The zero-order valence-electron chi connectivity index (χ0n) is 10.5. The molecule has 0 saturated heterocycles. The van der Waals surface area contributed by atoms with Crippen molar-refractivity contribution in [3.8, 4) is 0 Å². The Kier molecular flexibility index (Phi) is 6.09. The largest absolute Gasteiger partial charge is 0.469 e. The van der Waals surface area contributed by atoms with Crippen molar-refractivity contribution in [2.75, 3.05) is 14.2 Å². The van der Waals surface area contributed by atoms with Crippen LogP contribution in [0.1, 0.15) is 26.7 Å². The number of carbonyl (C=O) groups is 4. The van der Waals surface area contributed by atoms with Crippen molar-refractivity contribution in [3.05, 3.63) is 0 Å². The molecule has 0 saturated carbocycles. The second-order valence-corrected chi connectivity index (χ2v) is 3.59. The van der Waals surface area contributed by atoms with E-state index in [-0.39, 0.29) is 12.2 Å². The summed E-state index contributed by atoms with van der Waals surface area (Å²) in [5.74, 6) is -2.65. The minimum atomic E-state index is -0.880. The number of methoxy groups -OCH3 is 1. The van der Waals surface area contributed by atoms with E-state index in [1.165, 1.54) is 14.0 Å². The highest BCUT2D eigenvalue weighted by molar-refractivity contribution is 6.39. The molecule has 17 heavy (non-hydrogen) atoms. The van der Waals surface area contributed by atoms with Gasteiger partial charge in [-0.25, -0.2) is 0 Å². The lowest BCUT2D eigenvalue weighted by Crippen LogP contribution is -2.44. The summed E-state index contributed by atoms with van der Waals surface area (Å²) in [5, 5.41) is 0. The molecule has 0 aliphatic heterocycles. The van der Waals surface area contributed by atoms with Gasteiger partial charge in [-0.3, -0.25) is 19.2 Å². The van der Waals surface area contributed by atoms with E-state index in [9.17, 15) is 19.2 Å². The van der Waals surface area contributed by atoms with Crippen LogP contribution in [0.25, 0.3) is 0 Å². The summed E-state index contributed by atoms with van der Waals surface area (Å²) in [6.45, 7) is 3.21. The third-order valence-electron chi connectivity index (χ3n) is 2.49. The number of Topliss-reactive ketones (excluding diaryl/α,β-unsaturated/α-hetero) is 2. The third-order valence-corrected chi connectivity index (χ3v) is 2.49. The average Bonchev–Trinajstić information content (AvgIpc) is 2.34. The van der Waals surface area contributed by atoms with E-state index in [1.54, 1.807) is 6.92 Å². The van der Waals surface area contributed by atoms with Gasteiger partial charge in [0.1, 0.15) is 6.42 Å². The maximum absolute atomic E-state index is 11.6. The molecule has 0 aromatic carbocycles. The number of hydrogen-bond donors (Lipinski definition) is 0. The average molecular weight is 243 g/mol. The molecule has 0 aliphatic rings. The summed E-state index contributed by atoms with van der Waals surface area (Å²) >= 11 is 0. The Balaban J connectivity index is 4.54. The molecule has 1 atom stereocenters. The Hall–Kier alpha value is -1.72. The Labute approximate surface area is 99.9 Å². The molecule has 1 amide bonds. The summed E-state index contributed by atoms with van der Waals surface area (Å²) in [7, 11) is 2.49. The van der Waals surface area contributed by atoms with Gasteiger partial charge in [0.2, 0.25) is 5.78 Å². The number of rotatable bonds is 6. The van der Waals surface area contributed by atoms with Gasteiger partial charge in [-0.15, -0.1) is 0 Å². The van der Waals surface area contributed by atoms with Gasteiger partial charge in [0.25, 0.3) is 5.91 Å². The number of nitrogens with zero attached hydrogens (tertiary/aromatic N) is 1. The summed E-state index contributed by atoms with van der Waals surface area (Å²) in [6.07, 6.45) is -0.323. The quantitative estimate of drug-likeness (QED) is 0.371. The molecule has 6 heteroatoms. The van der Waals surface area contributed by atoms with Gasteiger partial charge < -0.3 is 9.64 Å². The van der Waals surface area contributed by atoms with E-state index in [0.29, 0.717) is 0 Å². The fraction of sp³-hybridized carbons (Fsp3) is 0.636. The first-order valence-electron chi connectivity index (χ1n) is 5.24. The van der Waals surface area contributed by atoms with Crippen LogP contribution >= 0.6 is 0 Å². The van der Waals surface area contributed by atoms with Gasteiger partial charge >= 0.3 is 5.97 Å². The van der Waals surface area contributed by atoms with Crippen LogP contribution in [0.3, 0.4) is 0 Å². The van der Waals surface area contributed by atoms with Gasteiger partial charge in [-0.2, -0.15) is 0 Å². The van der Waals surface area contributed by atoms with Gasteiger partial charge in [0.15, 0.2) is 5.78 Å². The van der Waals surface area contributed by atoms with Crippen LogP contribution in [0.15, 0.2) is 0 Å². The Morgan fingerprint density at radius 1 is 1.24 bits per heavy atom. The van der Waals surface area contributed by atoms with Crippen LogP contribution in [-0.2, 0) is 23.9 Å². The molecule has 0 aromatic heterocycles. The summed E-state index contributed by atoms with van der Waals surface area (Å²) in [4.78, 5) is 46.2. The molecule has 0 bridgehead atoms. The van der Waals surface area contributed by atoms with E-state index in [4.69, 9.17) is 0 Å². The van der Waals surface area contributed by atoms with Crippen LogP contribution in [-0.4, -0.2) is 48.5 Å². The molecular formula is C11H17NO5. The first-order chi connectivity index (χ1) is 7.84. The molecule has 0 spiro atoms. The van der Waals surface area contributed by atoms with Gasteiger partial charge in [-0.1, -0.05) is 6.92 Å². The first kappa shape index (κ1) is 15.3. The number of carbonyl (C=O) groups excluding carboxylic acids is 4. The topological polar surface area (TPSA) is 80.8 Å². The SMILES string of the molecule is CCC(=O)C(C)N(C)C(=O)C(=O)CC(=O)OC. The molecule has 0 N–H and O–H groups in total. The van der Waals surface area contributed by atoms with Crippen LogP contribution in [0.5, 0.6) is 0 Å². The maximum Gasteiger partial charge on any atom is 0.313 e. The number of hydrogen-bond acceptors (Lipinski definition) is 5. The van der Waals surface area contributed by atoms with Crippen LogP contribution in [0, 0.1) is 0 Å². The number of esters is 1. The van der Waals surface area contributed by atoms with E-state index >= 15 is 0 Å². The lowest BCUT2D eigenvalue weighted by atomic mass is 10.1. The van der Waals surface area contributed by atoms with Gasteiger partial charge in [0.05, 0.1) is 13.2 Å². The number of likely N-dealkylation sites (N-methyl/N-ethyl adjacent to an activating group) is 1. The van der Waals surface area contributed by atoms with Gasteiger partial charge in [-0.05, 0) is 6.92 Å². The summed E-state index contributed by atoms with van der Waals surface area (Å²) < 4.78 is 4.28. The van der Waals surface area contributed by atoms with E-state index in [1.807, 2.05) is 0 Å². The van der Waals surface area contributed by atoms with Crippen molar-refractivity contribution >= 4 is 23.4 Å². The second-order valence-electron chi connectivity index (χ2n) is 3.59. The molecular weight excluding hydrogens is 226 g/mol. The van der Waals surface area contributed by atoms with Crippen molar-refractivity contribution in [1.82, 2.24) is 4.90 Å². The molecule has 96 valence electrons. The molecule has 0 aromatic rings. The maximum atomic E-state index is 11.6. The highest BCUT2D eigenvalue weighted by Crippen LogP contribution is 2.03. The first-order valence-corrected chi connectivity index (χ1v) is 5.24. The fourth-order valence-electron chi connectivity index (χ4n) is 1.16. The number of amides is 1. The van der Waals surface area contributed by atoms with Crippen molar-refractivity contribution in [2.45, 2.75) is 32.7 Å². The summed E-state index contributed by atoms with van der Waals surface area (Å²) in [6, 6.07) is -0.672. The van der Waals surface area contributed by atoms with E-state index in [0.717, 1.165) is 12.0 Å². The van der Waals surface area contributed by atoms with Crippen molar-refractivity contribution in [3.63, 3.8) is 0 Å². The van der Waals surface area contributed by atoms with E-state index in [2.05, 4.69) is 4.74 Å². The molecule has 1 unspecified atom stereocenters. The Morgan fingerprint density at radius 3 is 2.18 bits per heavy atom. The second kappa shape index (κ2) is 6.78. The zero-order valence-corrected chi connectivity index (χ0v) is 10.5. The monoisotopic (exact) mass is 243 g/mol. The highest BCUT2D eigenvalue weighted by Gasteiger charge is 2.27. The number of ether oxygens (including phenoxy) is 1. The third kappa shape index (κ3) is 4.34.